The van der Waals surface area contributed by atoms with E-state index in [9.17, 15) is 0 Å². The van der Waals surface area contributed by atoms with Crippen LogP contribution >= 0.6 is 11.3 Å². The average Bonchev–Trinajstić information content (AvgIpc) is 2.42. The monoisotopic (exact) mass is 224 g/mol. The molecule has 82 valence electrons. The van der Waals surface area contributed by atoms with Crippen LogP contribution in [0.15, 0.2) is 6.07 Å². The molecule has 0 aliphatic heterocycles. The van der Waals surface area contributed by atoms with E-state index >= 15 is 0 Å². The molecule has 2 N–H and O–H groups in total. The van der Waals surface area contributed by atoms with E-state index in [1.165, 1.54) is 11.3 Å². The number of aliphatic hydroxyl groups is 2. The fourth-order valence-corrected chi connectivity index (χ4v) is 1.96. The van der Waals surface area contributed by atoms with Gasteiger partial charge in [0, 0.05) is 5.41 Å². The zero-order valence-electron chi connectivity index (χ0n) is 9.46. The molecule has 2 nitrogen and oxygen atoms in total. The van der Waals surface area contributed by atoms with E-state index in [0.717, 1.165) is 10.4 Å². The van der Waals surface area contributed by atoms with E-state index in [1.54, 1.807) is 0 Å². The summed E-state index contributed by atoms with van der Waals surface area (Å²) in [6, 6.07) is 1.89. The van der Waals surface area contributed by atoms with Gasteiger partial charge >= 0.3 is 0 Å². The van der Waals surface area contributed by atoms with Crippen molar-refractivity contribution in [2.45, 2.75) is 34.0 Å². The topological polar surface area (TPSA) is 40.5 Å². The maximum atomic E-state index is 9.06. The Labute approximate surface area is 94.6 Å². The molecule has 1 rings (SSSR count). The molecule has 0 aromatic carbocycles. The van der Waals surface area contributed by atoms with Gasteiger partial charge in [0.2, 0.25) is 0 Å². The summed E-state index contributed by atoms with van der Waals surface area (Å²) in [5.74, 6) is 6.16. The van der Waals surface area contributed by atoms with Gasteiger partial charge in [-0.2, -0.15) is 0 Å². The van der Waals surface area contributed by atoms with Gasteiger partial charge in [0.1, 0.15) is 0 Å². The van der Waals surface area contributed by atoms with Crippen LogP contribution in [0.4, 0.5) is 0 Å². The van der Waals surface area contributed by atoms with Gasteiger partial charge in [-0.05, 0) is 39.3 Å². The number of hydrogen-bond donors (Lipinski definition) is 2. The molecule has 0 fully saturated rings. The first-order valence-corrected chi connectivity index (χ1v) is 5.61. The van der Waals surface area contributed by atoms with Crippen LogP contribution in [0.25, 0.3) is 0 Å². The molecule has 0 aliphatic carbocycles. The lowest BCUT2D eigenvalue weighted by Crippen LogP contribution is -1.98. The first-order valence-electron chi connectivity index (χ1n) is 4.79. The van der Waals surface area contributed by atoms with Crippen molar-refractivity contribution < 1.29 is 10.2 Å². The number of rotatable bonds is 1. The lowest BCUT2D eigenvalue weighted by Gasteiger charge is -2.06. The molecule has 3 heteroatoms. The Morgan fingerprint density at radius 3 is 2.33 bits per heavy atom. The summed E-state index contributed by atoms with van der Waals surface area (Å²) in [4.78, 5) is 1.46. The second-order valence-corrected chi connectivity index (χ2v) is 5.62. The van der Waals surface area contributed by atoms with E-state index in [4.69, 9.17) is 10.2 Å². The van der Waals surface area contributed by atoms with Crippen molar-refractivity contribution in [3.63, 3.8) is 0 Å². The second kappa shape index (κ2) is 4.36. The molecular weight excluding hydrogens is 208 g/mol. The van der Waals surface area contributed by atoms with Crippen molar-refractivity contribution in [1.82, 2.24) is 0 Å². The van der Waals surface area contributed by atoms with Crippen molar-refractivity contribution in [2.75, 3.05) is 0 Å². The van der Waals surface area contributed by atoms with Gasteiger partial charge in [-0.1, -0.05) is 11.8 Å². The van der Waals surface area contributed by atoms with E-state index in [-0.39, 0.29) is 5.41 Å². The molecule has 0 saturated heterocycles. The van der Waals surface area contributed by atoms with Crippen LogP contribution in [-0.2, 0) is 0 Å². The number of aliphatic hydroxyl groups excluding tert-OH is 1. The summed E-state index contributed by atoms with van der Waals surface area (Å²) in [5.41, 5.74) is 0.851. The zero-order valence-corrected chi connectivity index (χ0v) is 10.3. The van der Waals surface area contributed by atoms with Gasteiger partial charge in [0.15, 0.2) is 6.29 Å². The van der Waals surface area contributed by atoms with Crippen LogP contribution in [0, 0.1) is 24.2 Å². The number of thiophene rings is 1. The number of aryl methyl sites for hydroxylation is 1. The summed E-state index contributed by atoms with van der Waals surface area (Å²) in [7, 11) is 0. The molecule has 1 aromatic heterocycles. The van der Waals surface area contributed by atoms with Crippen molar-refractivity contribution in [2.24, 2.45) is 5.41 Å². The largest absolute Gasteiger partial charge is 0.364 e. The molecule has 0 unspecified atom stereocenters. The summed E-state index contributed by atoms with van der Waals surface area (Å²) >= 11 is 1.33. The summed E-state index contributed by atoms with van der Waals surface area (Å²) < 4.78 is 0. The zero-order chi connectivity index (χ0) is 11.6. The van der Waals surface area contributed by atoms with Gasteiger partial charge in [-0.15, -0.1) is 11.3 Å². The summed E-state index contributed by atoms with van der Waals surface area (Å²) in [6.07, 6.45) is -1.39. The van der Waals surface area contributed by atoms with E-state index in [0.29, 0.717) is 4.88 Å². The molecule has 0 bridgehead atoms. The lowest BCUT2D eigenvalue weighted by atomic mass is 9.98. The minimum atomic E-state index is -1.39. The first-order chi connectivity index (χ1) is 6.79. The molecule has 1 aromatic rings. The van der Waals surface area contributed by atoms with Crippen molar-refractivity contribution >= 4 is 11.3 Å². The van der Waals surface area contributed by atoms with Gasteiger partial charge in [0.05, 0.1) is 9.75 Å². The van der Waals surface area contributed by atoms with Crippen molar-refractivity contribution in [3.8, 4) is 11.8 Å². The molecule has 0 atom stereocenters. The quantitative estimate of drug-likeness (QED) is 0.568. The van der Waals surface area contributed by atoms with Crippen molar-refractivity contribution in [3.05, 3.63) is 21.4 Å². The second-order valence-electron chi connectivity index (χ2n) is 4.53. The standard InChI is InChI=1S/C12H16O2S/c1-8-7-9(5-6-12(2,3)4)15-10(8)11(13)14/h7,11,13-14H,1-4H3. The third kappa shape index (κ3) is 3.67. The highest BCUT2D eigenvalue weighted by molar-refractivity contribution is 7.12. The third-order valence-electron chi connectivity index (χ3n) is 1.75. The molecule has 15 heavy (non-hydrogen) atoms. The molecule has 0 amide bonds. The van der Waals surface area contributed by atoms with Crippen LogP contribution in [-0.4, -0.2) is 10.2 Å². The summed E-state index contributed by atoms with van der Waals surface area (Å²) in [5, 5.41) is 18.1. The highest BCUT2D eigenvalue weighted by atomic mass is 32.1. The number of hydrogen-bond acceptors (Lipinski definition) is 3. The predicted molar refractivity (Wildman–Crippen MR) is 62.6 cm³/mol. The van der Waals surface area contributed by atoms with E-state index in [1.807, 2.05) is 33.8 Å². The van der Waals surface area contributed by atoms with Gasteiger partial charge < -0.3 is 10.2 Å². The van der Waals surface area contributed by atoms with Gasteiger partial charge in [-0.3, -0.25) is 0 Å². The molecule has 0 spiro atoms. The predicted octanol–water partition coefficient (Wildman–Crippen LogP) is 2.44. The molecule has 0 radical (unpaired) electrons. The first kappa shape index (κ1) is 12.3. The van der Waals surface area contributed by atoms with Crippen LogP contribution in [0.1, 0.15) is 42.4 Å². The van der Waals surface area contributed by atoms with Crippen LogP contribution in [0.2, 0.25) is 0 Å². The lowest BCUT2D eigenvalue weighted by molar-refractivity contribution is -0.0399. The van der Waals surface area contributed by atoms with Crippen LogP contribution in [0.3, 0.4) is 0 Å². The van der Waals surface area contributed by atoms with Crippen LogP contribution in [0.5, 0.6) is 0 Å². The molecular formula is C12H16O2S. The van der Waals surface area contributed by atoms with Crippen molar-refractivity contribution in [1.29, 1.82) is 0 Å². The highest BCUT2D eigenvalue weighted by Crippen LogP contribution is 2.26. The fourth-order valence-electron chi connectivity index (χ4n) is 1.06. The third-order valence-corrected chi connectivity index (χ3v) is 2.94. The highest BCUT2D eigenvalue weighted by Gasteiger charge is 2.11. The minimum absolute atomic E-state index is 0.0319. The smallest absolute Gasteiger partial charge is 0.188 e. The average molecular weight is 224 g/mol. The van der Waals surface area contributed by atoms with E-state index < -0.39 is 6.29 Å². The molecule has 0 saturated carbocycles. The Bertz CT molecular complexity index is 399. The van der Waals surface area contributed by atoms with Gasteiger partial charge in [-0.25, -0.2) is 0 Å². The summed E-state index contributed by atoms with van der Waals surface area (Å²) in [6.45, 7) is 7.99. The van der Waals surface area contributed by atoms with Gasteiger partial charge in [0.25, 0.3) is 0 Å². The van der Waals surface area contributed by atoms with Crippen LogP contribution < -0.4 is 0 Å². The Hall–Kier alpha value is -0.820. The maximum absolute atomic E-state index is 9.06. The SMILES string of the molecule is Cc1cc(C#CC(C)(C)C)sc1C(O)O. The Morgan fingerprint density at radius 2 is 1.93 bits per heavy atom. The Balaban J connectivity index is 2.97. The Kier molecular flexibility index (Phi) is 3.56. The fraction of sp³-hybridized carbons (Fsp3) is 0.500. The normalized spacial score (nSPS) is 11.4. The van der Waals surface area contributed by atoms with E-state index in [2.05, 4.69) is 11.8 Å². The molecule has 1 heterocycles. The maximum Gasteiger partial charge on any atom is 0.188 e. The Morgan fingerprint density at radius 1 is 1.33 bits per heavy atom. The molecule has 0 aliphatic rings. The minimum Gasteiger partial charge on any atom is -0.364 e.